The minimum Gasteiger partial charge on any atom is -0.324 e. The first kappa shape index (κ1) is 14.9. The molecule has 0 amide bonds. The first-order valence-electron chi connectivity index (χ1n) is 7.90. The van der Waals surface area contributed by atoms with E-state index in [1.165, 1.54) is 0 Å². The van der Waals surface area contributed by atoms with Gasteiger partial charge in [-0.3, -0.25) is 4.31 Å². The molecule has 21 heavy (non-hydrogen) atoms. The largest absolute Gasteiger partial charge is 0.324 e. The van der Waals surface area contributed by atoms with Crippen molar-refractivity contribution in [1.29, 1.82) is 0 Å². The van der Waals surface area contributed by atoms with E-state index in [9.17, 15) is 8.42 Å². The van der Waals surface area contributed by atoms with Gasteiger partial charge in [0, 0.05) is 12.6 Å². The summed E-state index contributed by atoms with van der Waals surface area (Å²) in [7, 11) is -3.21. The van der Waals surface area contributed by atoms with E-state index < -0.39 is 10.0 Å². The molecular formula is C16H24N2O2S. The number of hydrogen-bond acceptors (Lipinski definition) is 3. The van der Waals surface area contributed by atoms with Gasteiger partial charge < -0.3 is 5.73 Å². The van der Waals surface area contributed by atoms with E-state index >= 15 is 0 Å². The first-order valence-corrected chi connectivity index (χ1v) is 9.40. The van der Waals surface area contributed by atoms with Crippen LogP contribution in [0, 0.1) is 0 Å². The van der Waals surface area contributed by atoms with Crippen LogP contribution in [0.25, 0.3) is 0 Å². The lowest BCUT2D eigenvalue weighted by atomic mass is 9.98. The summed E-state index contributed by atoms with van der Waals surface area (Å²) in [5.41, 5.74) is 9.01. The molecule has 1 saturated carbocycles. The van der Waals surface area contributed by atoms with Crippen molar-refractivity contribution in [2.24, 2.45) is 5.73 Å². The normalized spacial score (nSPS) is 21.3. The molecule has 1 aliphatic carbocycles. The van der Waals surface area contributed by atoms with E-state index in [-0.39, 0.29) is 11.3 Å². The molecule has 1 aliphatic heterocycles. The van der Waals surface area contributed by atoms with Gasteiger partial charge in [-0.15, -0.1) is 0 Å². The number of rotatable bonds is 3. The number of nitrogens with zero attached hydrogens (tertiary/aromatic N) is 1. The molecule has 1 aromatic carbocycles. The van der Waals surface area contributed by atoms with Gasteiger partial charge in [0.2, 0.25) is 10.0 Å². The van der Waals surface area contributed by atoms with Crippen molar-refractivity contribution in [1.82, 2.24) is 0 Å². The van der Waals surface area contributed by atoms with Crippen LogP contribution in [0.3, 0.4) is 0 Å². The molecule has 0 spiro atoms. The summed E-state index contributed by atoms with van der Waals surface area (Å²) in [6.07, 6.45) is 5.52. The van der Waals surface area contributed by atoms with Crippen LogP contribution in [-0.2, 0) is 16.4 Å². The second-order valence-corrected chi connectivity index (χ2v) is 8.44. The summed E-state index contributed by atoms with van der Waals surface area (Å²) >= 11 is 0. The van der Waals surface area contributed by atoms with Gasteiger partial charge in [-0.2, -0.15) is 0 Å². The van der Waals surface area contributed by atoms with E-state index in [0.29, 0.717) is 6.54 Å². The van der Waals surface area contributed by atoms with E-state index in [2.05, 4.69) is 6.07 Å². The molecule has 0 bridgehead atoms. The SMILES string of the molecule is CC(N)c1ccc2c(c1)CCCN2S(=O)(=O)C1CCCC1. The highest BCUT2D eigenvalue weighted by Crippen LogP contribution is 2.35. The molecule has 0 radical (unpaired) electrons. The summed E-state index contributed by atoms with van der Waals surface area (Å²) in [6.45, 7) is 2.57. The Hall–Kier alpha value is -1.07. The van der Waals surface area contributed by atoms with Gasteiger partial charge in [0.25, 0.3) is 0 Å². The summed E-state index contributed by atoms with van der Waals surface area (Å²) in [5.74, 6) is 0. The van der Waals surface area contributed by atoms with Crippen LogP contribution in [0.5, 0.6) is 0 Å². The van der Waals surface area contributed by atoms with Crippen molar-refractivity contribution >= 4 is 15.7 Å². The smallest absolute Gasteiger partial charge is 0.238 e. The minimum absolute atomic E-state index is 0.0166. The van der Waals surface area contributed by atoms with Gasteiger partial charge in [0.05, 0.1) is 10.9 Å². The fraction of sp³-hybridized carbons (Fsp3) is 0.625. The number of nitrogens with two attached hydrogens (primary N) is 1. The Balaban J connectivity index is 1.97. The molecule has 3 rings (SSSR count). The van der Waals surface area contributed by atoms with Crippen molar-refractivity contribution in [3.05, 3.63) is 29.3 Å². The van der Waals surface area contributed by atoms with Gasteiger partial charge >= 0.3 is 0 Å². The van der Waals surface area contributed by atoms with Gasteiger partial charge in [-0.1, -0.05) is 25.0 Å². The standard InChI is InChI=1S/C16H24N2O2S/c1-12(17)13-8-9-16-14(11-13)5-4-10-18(16)21(19,20)15-6-2-3-7-15/h8-9,11-12,15H,2-7,10,17H2,1H3. The third-order valence-corrected chi connectivity index (χ3v) is 7.04. The average molecular weight is 308 g/mol. The van der Waals surface area contributed by atoms with Gasteiger partial charge in [-0.05, 0) is 49.8 Å². The summed E-state index contributed by atoms with van der Waals surface area (Å²) in [6, 6.07) is 5.97. The van der Waals surface area contributed by atoms with Crippen LogP contribution in [0.2, 0.25) is 0 Å². The molecular weight excluding hydrogens is 284 g/mol. The van der Waals surface area contributed by atoms with Crippen LogP contribution in [-0.4, -0.2) is 20.2 Å². The molecule has 116 valence electrons. The monoisotopic (exact) mass is 308 g/mol. The molecule has 1 fully saturated rings. The Bertz CT molecular complexity index is 619. The van der Waals surface area contributed by atoms with Crippen LogP contribution in [0.1, 0.15) is 56.2 Å². The Labute approximate surface area is 127 Å². The first-order chi connectivity index (χ1) is 10.00. The molecule has 1 unspecified atom stereocenters. The van der Waals surface area contributed by atoms with Crippen molar-refractivity contribution in [2.75, 3.05) is 10.8 Å². The Morgan fingerprint density at radius 3 is 2.62 bits per heavy atom. The molecule has 2 N–H and O–H groups in total. The molecule has 1 aromatic rings. The van der Waals surface area contributed by atoms with Gasteiger partial charge in [0.15, 0.2) is 0 Å². The topological polar surface area (TPSA) is 63.4 Å². The quantitative estimate of drug-likeness (QED) is 0.934. The van der Waals surface area contributed by atoms with E-state index in [4.69, 9.17) is 5.73 Å². The van der Waals surface area contributed by atoms with Gasteiger partial charge in [0.1, 0.15) is 0 Å². The second kappa shape index (κ2) is 5.61. The third-order valence-electron chi connectivity index (χ3n) is 4.74. The number of sulfonamides is 1. The maximum absolute atomic E-state index is 12.9. The van der Waals surface area contributed by atoms with E-state index in [1.807, 2.05) is 19.1 Å². The summed E-state index contributed by atoms with van der Waals surface area (Å²) in [5, 5.41) is -0.184. The molecule has 5 heteroatoms. The minimum atomic E-state index is -3.21. The van der Waals surface area contributed by atoms with Crippen LogP contribution in [0.4, 0.5) is 5.69 Å². The predicted molar refractivity (Wildman–Crippen MR) is 85.9 cm³/mol. The summed E-state index contributed by atoms with van der Waals surface area (Å²) in [4.78, 5) is 0. The molecule has 0 saturated heterocycles. The van der Waals surface area contributed by atoms with Crippen molar-refractivity contribution < 1.29 is 8.42 Å². The van der Waals surface area contributed by atoms with Crippen LogP contribution in [0.15, 0.2) is 18.2 Å². The number of anilines is 1. The highest BCUT2D eigenvalue weighted by Gasteiger charge is 2.36. The zero-order valence-electron chi connectivity index (χ0n) is 12.6. The number of aryl methyl sites for hydroxylation is 1. The maximum atomic E-state index is 12.9. The Morgan fingerprint density at radius 1 is 1.24 bits per heavy atom. The highest BCUT2D eigenvalue weighted by molar-refractivity contribution is 7.93. The summed E-state index contributed by atoms with van der Waals surface area (Å²) < 4.78 is 27.4. The lowest BCUT2D eigenvalue weighted by molar-refractivity contribution is 0.570. The van der Waals surface area contributed by atoms with Crippen molar-refractivity contribution in [3.63, 3.8) is 0 Å². The molecule has 1 atom stereocenters. The fourth-order valence-electron chi connectivity index (χ4n) is 3.50. The van der Waals surface area contributed by atoms with Crippen molar-refractivity contribution in [3.8, 4) is 0 Å². The molecule has 1 heterocycles. The number of fused-ring (bicyclic) bond motifs is 1. The van der Waals surface area contributed by atoms with Crippen LogP contribution >= 0.6 is 0 Å². The van der Waals surface area contributed by atoms with E-state index in [1.54, 1.807) is 4.31 Å². The van der Waals surface area contributed by atoms with E-state index in [0.717, 1.165) is 55.3 Å². The Morgan fingerprint density at radius 2 is 1.95 bits per heavy atom. The predicted octanol–water partition coefficient (Wildman–Crippen LogP) is 2.73. The average Bonchev–Trinajstić information content (AvgIpc) is 3.00. The zero-order chi connectivity index (χ0) is 15.0. The van der Waals surface area contributed by atoms with Crippen molar-refractivity contribution in [2.45, 2.75) is 56.7 Å². The third kappa shape index (κ3) is 2.69. The van der Waals surface area contributed by atoms with Gasteiger partial charge in [-0.25, -0.2) is 8.42 Å². The second-order valence-electron chi connectivity index (χ2n) is 6.30. The maximum Gasteiger partial charge on any atom is 0.238 e. The fourth-order valence-corrected chi connectivity index (χ4v) is 5.62. The number of hydrogen-bond donors (Lipinski definition) is 1. The zero-order valence-corrected chi connectivity index (χ0v) is 13.4. The highest BCUT2D eigenvalue weighted by atomic mass is 32.2. The number of benzene rings is 1. The molecule has 4 nitrogen and oxygen atoms in total. The molecule has 0 aromatic heterocycles. The lowest BCUT2D eigenvalue weighted by Gasteiger charge is -2.33. The lowest BCUT2D eigenvalue weighted by Crippen LogP contribution is -2.41. The molecule has 2 aliphatic rings. The van der Waals surface area contributed by atoms with Crippen LogP contribution < -0.4 is 10.0 Å². The Kier molecular flexibility index (Phi) is 3.97.